The predicted octanol–water partition coefficient (Wildman–Crippen LogP) is 2.08. The van der Waals surface area contributed by atoms with Gasteiger partial charge in [0.25, 0.3) is 14.7 Å². The lowest BCUT2D eigenvalue weighted by Crippen LogP contribution is -2.01. The number of imidazole rings is 1. The van der Waals surface area contributed by atoms with Crippen molar-refractivity contribution in [1.82, 2.24) is 9.55 Å². The first-order valence-corrected chi connectivity index (χ1v) is 7.80. The van der Waals surface area contributed by atoms with E-state index in [2.05, 4.69) is 4.98 Å². The molecule has 7 nitrogen and oxygen atoms in total. The van der Waals surface area contributed by atoms with Crippen molar-refractivity contribution in [1.29, 1.82) is 0 Å². The summed E-state index contributed by atoms with van der Waals surface area (Å²) in [5.41, 5.74) is 0.642. The molecule has 0 aliphatic carbocycles. The molecule has 0 aliphatic rings. The molecule has 0 amide bonds. The zero-order valence-electron chi connectivity index (χ0n) is 10.4. The summed E-state index contributed by atoms with van der Waals surface area (Å²) in [6.45, 7) is 1.90. The molecule has 0 atom stereocenters. The van der Waals surface area contributed by atoms with Crippen molar-refractivity contribution in [3.63, 3.8) is 0 Å². The molecule has 2 rings (SSSR count). The van der Waals surface area contributed by atoms with Gasteiger partial charge in [-0.1, -0.05) is 12.1 Å². The quantitative estimate of drug-likeness (QED) is 0.489. The van der Waals surface area contributed by atoms with Crippen LogP contribution in [-0.4, -0.2) is 22.9 Å². The lowest BCUT2D eigenvalue weighted by atomic mass is 10.2. The Morgan fingerprint density at radius 1 is 1.45 bits per heavy atom. The third kappa shape index (κ3) is 3.14. The van der Waals surface area contributed by atoms with E-state index >= 15 is 0 Å². The number of halogens is 1. The second-order valence-corrected chi connectivity index (χ2v) is 6.63. The van der Waals surface area contributed by atoms with Crippen LogP contribution in [0.3, 0.4) is 0 Å². The molecular formula is C11H10ClN3O4S. The molecule has 0 unspecified atom stereocenters. The van der Waals surface area contributed by atoms with E-state index in [1.165, 1.54) is 18.3 Å². The van der Waals surface area contributed by atoms with Crippen molar-refractivity contribution in [2.24, 2.45) is 0 Å². The highest BCUT2D eigenvalue weighted by molar-refractivity contribution is 8.13. The number of nitro groups is 1. The van der Waals surface area contributed by atoms with Crippen LogP contribution >= 0.6 is 10.7 Å². The van der Waals surface area contributed by atoms with Gasteiger partial charge in [0.15, 0.2) is 5.03 Å². The standard InChI is InChI=1S/C11H10ClN3O4S/c1-8-13-11(20(12,18)19)7-14(8)6-9-3-2-4-10(5-9)15(16)17/h2-5,7H,6H2,1H3. The minimum Gasteiger partial charge on any atom is -0.329 e. The van der Waals surface area contributed by atoms with Gasteiger partial charge in [0.1, 0.15) is 5.82 Å². The first-order valence-electron chi connectivity index (χ1n) is 5.49. The Labute approximate surface area is 119 Å². The van der Waals surface area contributed by atoms with Gasteiger partial charge in [0.05, 0.1) is 4.92 Å². The summed E-state index contributed by atoms with van der Waals surface area (Å²) in [7, 11) is 1.33. The molecule has 0 fully saturated rings. The molecule has 0 N–H and O–H groups in total. The highest BCUT2D eigenvalue weighted by atomic mass is 35.7. The number of aromatic nitrogens is 2. The molecule has 0 saturated carbocycles. The summed E-state index contributed by atoms with van der Waals surface area (Å²) < 4.78 is 24.0. The van der Waals surface area contributed by atoms with Crippen LogP contribution in [0.15, 0.2) is 35.5 Å². The van der Waals surface area contributed by atoms with E-state index in [0.29, 0.717) is 11.4 Å². The van der Waals surface area contributed by atoms with Crippen LogP contribution in [0.4, 0.5) is 5.69 Å². The van der Waals surface area contributed by atoms with Crippen LogP contribution in [0.2, 0.25) is 0 Å². The summed E-state index contributed by atoms with van der Waals surface area (Å²) in [5.74, 6) is 0.454. The summed E-state index contributed by atoms with van der Waals surface area (Å²) in [6, 6.07) is 6.09. The molecule has 0 radical (unpaired) electrons. The first kappa shape index (κ1) is 14.5. The molecule has 1 heterocycles. The van der Waals surface area contributed by atoms with Gasteiger partial charge < -0.3 is 4.57 Å². The van der Waals surface area contributed by atoms with Crippen molar-refractivity contribution in [2.45, 2.75) is 18.5 Å². The maximum atomic E-state index is 11.2. The van der Waals surface area contributed by atoms with Crippen LogP contribution in [0.25, 0.3) is 0 Å². The number of rotatable bonds is 4. The Morgan fingerprint density at radius 2 is 2.15 bits per heavy atom. The first-order chi connectivity index (χ1) is 9.27. The number of non-ortho nitro benzene ring substituents is 1. The Bertz CT molecular complexity index is 770. The van der Waals surface area contributed by atoms with Crippen LogP contribution in [0.1, 0.15) is 11.4 Å². The highest BCUT2D eigenvalue weighted by Crippen LogP contribution is 2.18. The summed E-state index contributed by atoms with van der Waals surface area (Å²) >= 11 is 0. The molecule has 106 valence electrons. The number of aryl methyl sites for hydroxylation is 1. The van der Waals surface area contributed by atoms with E-state index in [1.807, 2.05) is 0 Å². The highest BCUT2D eigenvalue weighted by Gasteiger charge is 2.16. The van der Waals surface area contributed by atoms with Gasteiger partial charge in [-0.2, -0.15) is 0 Å². The van der Waals surface area contributed by atoms with Gasteiger partial charge in [0.2, 0.25) is 0 Å². The molecule has 1 aromatic heterocycles. The Balaban J connectivity index is 2.33. The molecule has 20 heavy (non-hydrogen) atoms. The van der Waals surface area contributed by atoms with Crippen LogP contribution in [0.5, 0.6) is 0 Å². The van der Waals surface area contributed by atoms with Gasteiger partial charge in [-0.3, -0.25) is 10.1 Å². The van der Waals surface area contributed by atoms with Crippen molar-refractivity contribution in [2.75, 3.05) is 0 Å². The smallest absolute Gasteiger partial charge is 0.280 e. The van der Waals surface area contributed by atoms with Crippen LogP contribution in [-0.2, 0) is 15.6 Å². The number of nitro benzene ring substituents is 1. The number of nitrogens with zero attached hydrogens (tertiary/aromatic N) is 3. The third-order valence-corrected chi connectivity index (χ3v) is 3.85. The maximum Gasteiger partial charge on any atom is 0.280 e. The Hall–Kier alpha value is -1.93. The lowest BCUT2D eigenvalue weighted by Gasteiger charge is -2.04. The predicted molar refractivity (Wildman–Crippen MR) is 72.2 cm³/mol. The van der Waals surface area contributed by atoms with Gasteiger partial charge >= 0.3 is 0 Å². The minimum atomic E-state index is -3.89. The second-order valence-electron chi connectivity index (χ2n) is 4.12. The zero-order chi connectivity index (χ0) is 14.9. The monoisotopic (exact) mass is 315 g/mol. The zero-order valence-corrected chi connectivity index (χ0v) is 11.9. The molecule has 9 heteroatoms. The summed E-state index contributed by atoms with van der Waals surface area (Å²) in [5, 5.41) is 10.5. The summed E-state index contributed by atoms with van der Waals surface area (Å²) in [6.07, 6.45) is 1.30. The van der Waals surface area contributed by atoms with Gasteiger partial charge in [-0.15, -0.1) is 0 Å². The van der Waals surface area contributed by atoms with E-state index in [0.717, 1.165) is 0 Å². The van der Waals surface area contributed by atoms with E-state index in [1.54, 1.807) is 23.6 Å². The topological polar surface area (TPSA) is 95.1 Å². The Morgan fingerprint density at radius 3 is 2.70 bits per heavy atom. The molecular weight excluding hydrogens is 306 g/mol. The van der Waals surface area contributed by atoms with Crippen LogP contribution in [0, 0.1) is 17.0 Å². The molecule has 2 aromatic rings. The average Bonchev–Trinajstić information content (AvgIpc) is 2.71. The van der Waals surface area contributed by atoms with Gasteiger partial charge in [0, 0.05) is 35.6 Å². The van der Waals surface area contributed by atoms with E-state index in [4.69, 9.17) is 10.7 Å². The normalized spacial score (nSPS) is 11.5. The van der Waals surface area contributed by atoms with Crippen molar-refractivity contribution < 1.29 is 13.3 Å². The maximum absolute atomic E-state index is 11.2. The fraction of sp³-hybridized carbons (Fsp3) is 0.182. The number of hydrogen-bond acceptors (Lipinski definition) is 5. The largest absolute Gasteiger partial charge is 0.329 e. The fourth-order valence-corrected chi connectivity index (χ4v) is 2.44. The SMILES string of the molecule is Cc1nc(S(=O)(=O)Cl)cn1Cc1cccc([N+](=O)[O-])c1. The fourth-order valence-electron chi connectivity index (χ4n) is 1.72. The summed E-state index contributed by atoms with van der Waals surface area (Å²) in [4.78, 5) is 14.1. The minimum absolute atomic E-state index is 0.0227. The van der Waals surface area contributed by atoms with E-state index < -0.39 is 14.0 Å². The molecule has 0 bridgehead atoms. The number of hydrogen-bond donors (Lipinski definition) is 0. The third-order valence-electron chi connectivity index (χ3n) is 2.68. The number of benzene rings is 1. The average molecular weight is 316 g/mol. The van der Waals surface area contributed by atoms with Crippen LogP contribution < -0.4 is 0 Å². The molecule has 0 aliphatic heterocycles. The Kier molecular flexibility index (Phi) is 3.78. The van der Waals surface area contributed by atoms with Crippen molar-refractivity contribution in [3.05, 3.63) is 52.0 Å². The van der Waals surface area contributed by atoms with Gasteiger partial charge in [-0.25, -0.2) is 13.4 Å². The van der Waals surface area contributed by atoms with Crippen molar-refractivity contribution in [3.8, 4) is 0 Å². The molecule has 0 spiro atoms. The van der Waals surface area contributed by atoms with Crippen molar-refractivity contribution >= 4 is 25.4 Å². The second kappa shape index (κ2) is 5.22. The molecule has 0 saturated heterocycles. The van der Waals surface area contributed by atoms with E-state index in [-0.39, 0.29) is 17.3 Å². The van der Waals surface area contributed by atoms with E-state index in [9.17, 15) is 18.5 Å². The van der Waals surface area contributed by atoms with Gasteiger partial charge in [-0.05, 0) is 12.5 Å². The molecule has 1 aromatic carbocycles. The lowest BCUT2D eigenvalue weighted by molar-refractivity contribution is -0.384.